The van der Waals surface area contributed by atoms with E-state index in [1.165, 1.54) is 5.56 Å². The van der Waals surface area contributed by atoms with Gasteiger partial charge in [0.15, 0.2) is 0 Å². The second-order valence-corrected chi connectivity index (χ2v) is 5.75. The Balaban J connectivity index is 2.02. The summed E-state index contributed by atoms with van der Waals surface area (Å²) in [4.78, 5) is 0. The fraction of sp³-hybridized carbons (Fsp3) is 0.625. The molecule has 1 fully saturated rings. The molecule has 1 unspecified atom stereocenters. The number of ether oxygens (including phenoxy) is 2. The SMILES string of the molecule is CC(C)Oc1cccc(C(CC2CCOCC2)NN)c1. The quantitative estimate of drug-likeness (QED) is 0.620. The van der Waals surface area contributed by atoms with E-state index in [1.54, 1.807) is 0 Å². The van der Waals surface area contributed by atoms with Crippen molar-refractivity contribution >= 4 is 0 Å². The highest BCUT2D eigenvalue weighted by molar-refractivity contribution is 5.30. The number of nitrogens with one attached hydrogen (secondary N) is 1. The summed E-state index contributed by atoms with van der Waals surface area (Å²) in [6.45, 7) is 5.82. The molecule has 0 aromatic heterocycles. The molecule has 3 N–H and O–H groups in total. The third kappa shape index (κ3) is 4.47. The van der Waals surface area contributed by atoms with Crippen molar-refractivity contribution in [1.82, 2.24) is 5.43 Å². The van der Waals surface area contributed by atoms with Gasteiger partial charge in [0.25, 0.3) is 0 Å². The van der Waals surface area contributed by atoms with Gasteiger partial charge in [-0.15, -0.1) is 0 Å². The molecule has 0 bridgehead atoms. The maximum atomic E-state index is 5.75. The van der Waals surface area contributed by atoms with Crippen LogP contribution in [0.3, 0.4) is 0 Å². The van der Waals surface area contributed by atoms with E-state index < -0.39 is 0 Å². The van der Waals surface area contributed by atoms with E-state index in [4.69, 9.17) is 15.3 Å². The normalized spacial score (nSPS) is 18.2. The van der Waals surface area contributed by atoms with Crippen LogP contribution >= 0.6 is 0 Å². The molecule has 1 atom stereocenters. The molecular weight excluding hydrogens is 252 g/mol. The van der Waals surface area contributed by atoms with Crippen molar-refractivity contribution in [3.8, 4) is 5.75 Å². The van der Waals surface area contributed by atoms with Gasteiger partial charge in [-0.05, 0) is 56.7 Å². The number of rotatable bonds is 6. The minimum atomic E-state index is 0.175. The predicted molar refractivity (Wildman–Crippen MR) is 80.4 cm³/mol. The minimum absolute atomic E-state index is 0.175. The Hall–Kier alpha value is -1.10. The highest BCUT2D eigenvalue weighted by Gasteiger charge is 2.20. The predicted octanol–water partition coefficient (Wildman–Crippen LogP) is 2.79. The van der Waals surface area contributed by atoms with Crippen molar-refractivity contribution in [2.75, 3.05) is 13.2 Å². The number of hydrogen-bond donors (Lipinski definition) is 2. The van der Waals surface area contributed by atoms with Crippen LogP contribution in [-0.4, -0.2) is 19.3 Å². The van der Waals surface area contributed by atoms with Crippen LogP contribution in [0.1, 0.15) is 44.7 Å². The molecular formula is C16H26N2O2. The summed E-state index contributed by atoms with van der Waals surface area (Å²) in [6, 6.07) is 8.39. The Morgan fingerprint density at radius 3 is 2.75 bits per heavy atom. The molecule has 4 nitrogen and oxygen atoms in total. The summed E-state index contributed by atoms with van der Waals surface area (Å²) in [6.07, 6.45) is 3.48. The maximum absolute atomic E-state index is 5.75. The molecule has 1 aliphatic heterocycles. The minimum Gasteiger partial charge on any atom is -0.491 e. The van der Waals surface area contributed by atoms with E-state index in [-0.39, 0.29) is 12.1 Å². The molecule has 0 saturated carbocycles. The van der Waals surface area contributed by atoms with Gasteiger partial charge in [0.05, 0.1) is 6.10 Å². The van der Waals surface area contributed by atoms with Crippen molar-refractivity contribution in [3.05, 3.63) is 29.8 Å². The molecule has 20 heavy (non-hydrogen) atoms. The first kappa shape index (κ1) is 15.3. The zero-order valence-electron chi connectivity index (χ0n) is 12.5. The summed E-state index contributed by atoms with van der Waals surface area (Å²) >= 11 is 0. The van der Waals surface area contributed by atoms with E-state index in [2.05, 4.69) is 17.6 Å². The Kier molecular flexibility index (Phi) is 5.83. The Labute approximate surface area is 121 Å². The second kappa shape index (κ2) is 7.62. The fourth-order valence-corrected chi connectivity index (χ4v) is 2.69. The highest BCUT2D eigenvalue weighted by atomic mass is 16.5. The number of hydrogen-bond acceptors (Lipinski definition) is 4. The molecule has 2 rings (SSSR count). The first-order valence-electron chi connectivity index (χ1n) is 7.49. The Bertz CT molecular complexity index is 403. The second-order valence-electron chi connectivity index (χ2n) is 5.75. The van der Waals surface area contributed by atoms with Crippen LogP contribution < -0.4 is 16.0 Å². The summed E-state index contributed by atoms with van der Waals surface area (Å²) < 4.78 is 11.2. The molecule has 1 aliphatic rings. The standard InChI is InChI=1S/C16H26N2O2/c1-12(2)20-15-5-3-4-14(11-15)16(18-17)10-13-6-8-19-9-7-13/h3-5,11-13,16,18H,6-10,17H2,1-2H3. The molecule has 1 aromatic rings. The van der Waals surface area contributed by atoms with Gasteiger partial charge in [-0.25, -0.2) is 0 Å². The Morgan fingerprint density at radius 1 is 1.35 bits per heavy atom. The molecule has 0 amide bonds. The Morgan fingerprint density at radius 2 is 2.10 bits per heavy atom. The van der Waals surface area contributed by atoms with Gasteiger partial charge < -0.3 is 9.47 Å². The van der Waals surface area contributed by atoms with Gasteiger partial charge in [-0.2, -0.15) is 0 Å². The number of benzene rings is 1. The van der Waals surface area contributed by atoms with Crippen molar-refractivity contribution < 1.29 is 9.47 Å². The maximum Gasteiger partial charge on any atom is 0.120 e. The highest BCUT2D eigenvalue weighted by Crippen LogP contribution is 2.29. The van der Waals surface area contributed by atoms with E-state index in [0.29, 0.717) is 5.92 Å². The number of hydrazine groups is 1. The lowest BCUT2D eigenvalue weighted by Gasteiger charge is -2.26. The van der Waals surface area contributed by atoms with Gasteiger partial charge in [-0.1, -0.05) is 12.1 Å². The lowest BCUT2D eigenvalue weighted by molar-refractivity contribution is 0.0605. The topological polar surface area (TPSA) is 56.5 Å². The molecule has 112 valence electrons. The van der Waals surface area contributed by atoms with Gasteiger partial charge >= 0.3 is 0 Å². The molecule has 1 aromatic carbocycles. The zero-order chi connectivity index (χ0) is 14.4. The van der Waals surface area contributed by atoms with Crippen LogP contribution in [0.2, 0.25) is 0 Å². The van der Waals surface area contributed by atoms with Crippen molar-refractivity contribution in [3.63, 3.8) is 0 Å². The smallest absolute Gasteiger partial charge is 0.120 e. The monoisotopic (exact) mass is 278 g/mol. The van der Waals surface area contributed by atoms with E-state index >= 15 is 0 Å². The summed E-state index contributed by atoms with van der Waals surface area (Å²) in [5.74, 6) is 7.34. The molecule has 1 heterocycles. The molecule has 1 saturated heterocycles. The van der Waals surface area contributed by atoms with Gasteiger partial charge in [-0.3, -0.25) is 11.3 Å². The van der Waals surface area contributed by atoms with E-state index in [0.717, 1.165) is 38.2 Å². The molecule has 0 radical (unpaired) electrons. The van der Waals surface area contributed by atoms with Gasteiger partial charge in [0, 0.05) is 19.3 Å². The lowest BCUT2D eigenvalue weighted by atomic mass is 9.90. The van der Waals surface area contributed by atoms with E-state index in [9.17, 15) is 0 Å². The van der Waals surface area contributed by atoms with Crippen molar-refractivity contribution in [2.45, 2.75) is 45.3 Å². The first-order chi connectivity index (χ1) is 9.69. The van der Waals surface area contributed by atoms with Crippen LogP contribution in [0.5, 0.6) is 5.75 Å². The molecule has 0 spiro atoms. The van der Waals surface area contributed by atoms with E-state index in [1.807, 2.05) is 26.0 Å². The molecule has 0 aliphatic carbocycles. The summed E-state index contributed by atoms with van der Waals surface area (Å²) in [5.41, 5.74) is 4.14. The fourth-order valence-electron chi connectivity index (χ4n) is 2.69. The number of nitrogens with two attached hydrogens (primary N) is 1. The zero-order valence-corrected chi connectivity index (χ0v) is 12.5. The van der Waals surface area contributed by atoms with Crippen LogP contribution in [0.15, 0.2) is 24.3 Å². The lowest BCUT2D eigenvalue weighted by Crippen LogP contribution is -2.31. The summed E-state index contributed by atoms with van der Waals surface area (Å²) in [7, 11) is 0. The third-order valence-corrected chi connectivity index (χ3v) is 3.74. The molecule has 4 heteroatoms. The van der Waals surface area contributed by atoms with Crippen molar-refractivity contribution in [2.24, 2.45) is 11.8 Å². The third-order valence-electron chi connectivity index (χ3n) is 3.74. The van der Waals surface area contributed by atoms with Crippen LogP contribution in [0, 0.1) is 5.92 Å². The van der Waals surface area contributed by atoms with Gasteiger partial charge in [0.1, 0.15) is 5.75 Å². The van der Waals surface area contributed by atoms with Crippen molar-refractivity contribution in [1.29, 1.82) is 0 Å². The largest absolute Gasteiger partial charge is 0.491 e. The van der Waals surface area contributed by atoms with Gasteiger partial charge in [0.2, 0.25) is 0 Å². The first-order valence-corrected chi connectivity index (χ1v) is 7.49. The van der Waals surface area contributed by atoms with Crippen LogP contribution in [0.4, 0.5) is 0 Å². The average molecular weight is 278 g/mol. The van der Waals surface area contributed by atoms with Crippen LogP contribution in [-0.2, 0) is 4.74 Å². The summed E-state index contributed by atoms with van der Waals surface area (Å²) in [5, 5.41) is 0. The van der Waals surface area contributed by atoms with Crippen LogP contribution in [0.25, 0.3) is 0 Å². The average Bonchev–Trinajstić information content (AvgIpc) is 2.45.